The Morgan fingerprint density at radius 2 is 2.41 bits per heavy atom. The van der Waals surface area contributed by atoms with E-state index in [1.165, 1.54) is 6.07 Å². The Bertz CT molecular complexity index is 613. The molecular weight excluding hydrogens is 240 g/mol. The molecule has 2 aromatic heterocycles. The van der Waals surface area contributed by atoms with Crippen molar-refractivity contribution in [3.63, 3.8) is 0 Å². The van der Waals surface area contributed by atoms with Crippen LogP contribution in [0.3, 0.4) is 0 Å². The Morgan fingerprint density at radius 1 is 1.59 bits per heavy atom. The summed E-state index contributed by atoms with van der Waals surface area (Å²) in [6.45, 7) is 1.12. The molecule has 0 radical (unpaired) electrons. The average Bonchev–Trinajstić information content (AvgIpc) is 2.68. The second-order valence-corrected chi connectivity index (χ2v) is 3.83. The first-order valence-electron chi connectivity index (χ1n) is 5.05. The van der Waals surface area contributed by atoms with Gasteiger partial charge in [-0.2, -0.15) is 5.10 Å². The van der Waals surface area contributed by atoms with Crippen LogP contribution in [-0.2, 0) is 11.3 Å². The SMILES string of the molecule is COCCn1c(-c2cc[nH]c(=O)c2)n[nH]c1=S. The van der Waals surface area contributed by atoms with Gasteiger partial charge in [0.2, 0.25) is 5.56 Å². The zero-order valence-electron chi connectivity index (χ0n) is 9.27. The number of ether oxygens (including phenoxy) is 1. The van der Waals surface area contributed by atoms with Crippen molar-refractivity contribution < 1.29 is 4.74 Å². The molecule has 0 aliphatic carbocycles. The van der Waals surface area contributed by atoms with E-state index < -0.39 is 0 Å². The highest BCUT2D eigenvalue weighted by molar-refractivity contribution is 7.71. The third-order valence-electron chi connectivity index (χ3n) is 2.31. The Kier molecular flexibility index (Phi) is 3.50. The lowest BCUT2D eigenvalue weighted by molar-refractivity contribution is 0.187. The first-order valence-corrected chi connectivity index (χ1v) is 5.46. The molecule has 6 nitrogen and oxygen atoms in total. The number of aromatic amines is 2. The van der Waals surface area contributed by atoms with Crippen LogP contribution in [0.5, 0.6) is 0 Å². The standard InChI is InChI=1S/C10H12N4O2S/c1-16-5-4-14-9(12-13-10(14)17)7-2-3-11-8(15)6-7/h2-3,6H,4-5H2,1H3,(H,11,15)(H,13,17). The topological polar surface area (TPSA) is 75.7 Å². The molecule has 0 aromatic carbocycles. The molecule has 0 aliphatic heterocycles. The summed E-state index contributed by atoms with van der Waals surface area (Å²) in [6, 6.07) is 3.25. The fraction of sp³-hybridized carbons (Fsp3) is 0.300. The number of pyridine rings is 1. The molecule has 0 fully saturated rings. The van der Waals surface area contributed by atoms with Gasteiger partial charge in [-0.3, -0.25) is 14.5 Å². The molecule has 0 saturated heterocycles. The quantitative estimate of drug-likeness (QED) is 0.794. The van der Waals surface area contributed by atoms with Crippen LogP contribution in [-0.4, -0.2) is 33.5 Å². The zero-order chi connectivity index (χ0) is 12.3. The van der Waals surface area contributed by atoms with E-state index in [2.05, 4.69) is 15.2 Å². The molecule has 0 saturated carbocycles. The number of hydrogen-bond donors (Lipinski definition) is 2. The van der Waals surface area contributed by atoms with Crippen molar-refractivity contribution in [2.24, 2.45) is 0 Å². The predicted octanol–water partition coefficient (Wildman–Crippen LogP) is 0.942. The largest absolute Gasteiger partial charge is 0.383 e. The summed E-state index contributed by atoms with van der Waals surface area (Å²) in [6.07, 6.45) is 1.58. The Labute approximate surface area is 102 Å². The van der Waals surface area contributed by atoms with Gasteiger partial charge in [-0.1, -0.05) is 0 Å². The fourth-order valence-corrected chi connectivity index (χ4v) is 1.74. The lowest BCUT2D eigenvalue weighted by atomic mass is 10.2. The lowest BCUT2D eigenvalue weighted by Gasteiger charge is -2.05. The van der Waals surface area contributed by atoms with Gasteiger partial charge in [0, 0.05) is 24.9 Å². The number of nitrogens with one attached hydrogen (secondary N) is 2. The van der Waals surface area contributed by atoms with E-state index in [-0.39, 0.29) is 5.56 Å². The first kappa shape index (κ1) is 11.7. The van der Waals surface area contributed by atoms with Crippen molar-refractivity contribution in [2.75, 3.05) is 13.7 Å². The molecule has 0 atom stereocenters. The smallest absolute Gasteiger partial charge is 0.248 e. The maximum absolute atomic E-state index is 11.2. The maximum atomic E-state index is 11.2. The van der Waals surface area contributed by atoms with E-state index in [1.807, 2.05) is 0 Å². The van der Waals surface area contributed by atoms with Crippen molar-refractivity contribution in [2.45, 2.75) is 6.54 Å². The van der Waals surface area contributed by atoms with Crippen molar-refractivity contribution in [3.8, 4) is 11.4 Å². The second-order valence-electron chi connectivity index (χ2n) is 3.44. The zero-order valence-corrected chi connectivity index (χ0v) is 10.1. The minimum atomic E-state index is -0.172. The van der Waals surface area contributed by atoms with Gasteiger partial charge in [-0.25, -0.2) is 0 Å². The van der Waals surface area contributed by atoms with Gasteiger partial charge in [0.15, 0.2) is 10.6 Å². The number of nitrogens with zero attached hydrogens (tertiary/aromatic N) is 2. The molecule has 2 N–H and O–H groups in total. The monoisotopic (exact) mass is 252 g/mol. The molecule has 2 heterocycles. The summed E-state index contributed by atoms with van der Waals surface area (Å²) in [5, 5.41) is 6.83. The van der Waals surface area contributed by atoms with Crippen LogP contribution in [0.1, 0.15) is 0 Å². The van der Waals surface area contributed by atoms with Crippen LogP contribution in [0.4, 0.5) is 0 Å². The molecule has 0 aliphatic rings. The number of methoxy groups -OCH3 is 1. The van der Waals surface area contributed by atoms with Gasteiger partial charge < -0.3 is 9.72 Å². The molecular formula is C10H12N4O2S. The predicted molar refractivity (Wildman–Crippen MR) is 65.3 cm³/mol. The molecule has 0 amide bonds. The Balaban J connectivity index is 2.45. The average molecular weight is 252 g/mol. The van der Waals surface area contributed by atoms with Crippen molar-refractivity contribution in [3.05, 3.63) is 33.5 Å². The van der Waals surface area contributed by atoms with E-state index in [9.17, 15) is 4.79 Å². The van der Waals surface area contributed by atoms with Crippen molar-refractivity contribution >= 4 is 12.2 Å². The summed E-state index contributed by atoms with van der Waals surface area (Å²) in [7, 11) is 1.62. The van der Waals surface area contributed by atoms with Crippen LogP contribution < -0.4 is 5.56 Å². The van der Waals surface area contributed by atoms with E-state index in [0.29, 0.717) is 23.7 Å². The van der Waals surface area contributed by atoms with Gasteiger partial charge in [-0.15, -0.1) is 0 Å². The number of aromatic nitrogens is 4. The molecule has 2 aromatic rings. The van der Waals surface area contributed by atoms with Crippen LogP contribution >= 0.6 is 12.2 Å². The molecule has 0 bridgehead atoms. The number of hydrogen-bond acceptors (Lipinski definition) is 4. The second kappa shape index (κ2) is 5.07. The van der Waals surface area contributed by atoms with Gasteiger partial charge in [0.25, 0.3) is 0 Å². The molecule has 0 unspecified atom stereocenters. The van der Waals surface area contributed by atoms with E-state index >= 15 is 0 Å². The molecule has 0 spiro atoms. The van der Waals surface area contributed by atoms with E-state index in [0.717, 1.165) is 5.56 Å². The normalized spacial score (nSPS) is 10.6. The summed E-state index contributed by atoms with van der Waals surface area (Å²) in [5.41, 5.74) is 0.548. The van der Waals surface area contributed by atoms with Crippen molar-refractivity contribution in [1.82, 2.24) is 19.7 Å². The third-order valence-corrected chi connectivity index (χ3v) is 2.62. The minimum absolute atomic E-state index is 0.172. The van der Waals surface area contributed by atoms with Crippen molar-refractivity contribution in [1.29, 1.82) is 0 Å². The molecule has 17 heavy (non-hydrogen) atoms. The lowest BCUT2D eigenvalue weighted by Crippen LogP contribution is -2.08. The molecule has 90 valence electrons. The van der Waals surface area contributed by atoms with Crippen LogP contribution in [0.15, 0.2) is 23.1 Å². The first-order chi connectivity index (χ1) is 8.22. The van der Waals surface area contributed by atoms with Gasteiger partial charge in [0.1, 0.15) is 0 Å². The Morgan fingerprint density at radius 3 is 3.12 bits per heavy atom. The minimum Gasteiger partial charge on any atom is -0.383 e. The summed E-state index contributed by atoms with van der Waals surface area (Å²) in [4.78, 5) is 13.8. The highest BCUT2D eigenvalue weighted by Gasteiger charge is 2.08. The van der Waals surface area contributed by atoms with Gasteiger partial charge >= 0.3 is 0 Å². The molecule has 2 rings (SSSR count). The Hall–Kier alpha value is -1.73. The summed E-state index contributed by atoms with van der Waals surface area (Å²) >= 11 is 5.12. The maximum Gasteiger partial charge on any atom is 0.248 e. The van der Waals surface area contributed by atoms with Crippen LogP contribution in [0.25, 0.3) is 11.4 Å². The molecule has 7 heteroatoms. The number of rotatable bonds is 4. The highest BCUT2D eigenvalue weighted by atomic mass is 32.1. The summed E-state index contributed by atoms with van der Waals surface area (Å²) < 4.78 is 7.32. The van der Waals surface area contributed by atoms with Gasteiger partial charge in [-0.05, 0) is 18.3 Å². The van der Waals surface area contributed by atoms with Gasteiger partial charge in [0.05, 0.1) is 13.2 Å². The van der Waals surface area contributed by atoms with E-state index in [4.69, 9.17) is 17.0 Å². The van der Waals surface area contributed by atoms with E-state index in [1.54, 1.807) is 23.9 Å². The van der Waals surface area contributed by atoms with Crippen LogP contribution in [0.2, 0.25) is 0 Å². The third kappa shape index (κ3) is 2.51. The number of H-pyrrole nitrogens is 2. The van der Waals surface area contributed by atoms with Crippen LogP contribution in [0, 0.1) is 4.77 Å². The fourth-order valence-electron chi connectivity index (χ4n) is 1.51. The highest BCUT2D eigenvalue weighted by Crippen LogP contribution is 2.14. The summed E-state index contributed by atoms with van der Waals surface area (Å²) in [5.74, 6) is 0.637.